The molecule has 0 heterocycles. The number of ketones is 2. The Kier molecular flexibility index (Phi) is 6.25. The molecule has 2 aromatic carbocycles. The number of hydrogen-bond donors (Lipinski definition) is 3. The van der Waals surface area contributed by atoms with Gasteiger partial charge in [-0.25, -0.2) is 0 Å². The molecule has 138 valence electrons. The van der Waals surface area contributed by atoms with E-state index in [0.717, 1.165) is 12.1 Å². The summed E-state index contributed by atoms with van der Waals surface area (Å²) in [6.45, 7) is 3.75. The van der Waals surface area contributed by atoms with Crippen molar-refractivity contribution in [2.45, 2.75) is 24.8 Å². The molecule has 0 amide bonds. The van der Waals surface area contributed by atoms with Crippen molar-refractivity contribution in [2.24, 2.45) is 0 Å². The van der Waals surface area contributed by atoms with E-state index < -0.39 is 37.9 Å². The number of rotatable bonds is 3. The van der Waals surface area contributed by atoms with Crippen LogP contribution < -0.4 is 5.32 Å². The van der Waals surface area contributed by atoms with E-state index in [9.17, 15) is 27.7 Å². The molecule has 0 fully saturated rings. The average Bonchev–Trinajstić information content (AvgIpc) is 2.52. The molecule has 1 aliphatic rings. The topological polar surface area (TPSA) is 121 Å². The van der Waals surface area contributed by atoms with Crippen molar-refractivity contribution in [3.8, 4) is 5.75 Å². The summed E-state index contributed by atoms with van der Waals surface area (Å²) in [4.78, 5) is 25.1. The van der Waals surface area contributed by atoms with E-state index in [2.05, 4.69) is 21.2 Å². The molecule has 3 rings (SSSR count). The fraction of sp³-hybridized carbons (Fsp3) is 0.176. The summed E-state index contributed by atoms with van der Waals surface area (Å²) in [7, 11) is -4.76. The van der Waals surface area contributed by atoms with Gasteiger partial charge < -0.3 is 10.4 Å². The number of anilines is 1. The van der Waals surface area contributed by atoms with Crippen LogP contribution >= 0.6 is 15.9 Å². The van der Waals surface area contributed by atoms with Crippen LogP contribution in [0.1, 0.15) is 45.7 Å². The van der Waals surface area contributed by atoms with Gasteiger partial charge in [-0.15, -0.1) is 0 Å². The monoisotopic (exact) mass is 463 g/mol. The number of nitrogens with one attached hydrogen (secondary N) is 1. The van der Waals surface area contributed by atoms with Gasteiger partial charge in [-0.05, 0) is 38.1 Å². The Labute approximate surface area is 186 Å². The van der Waals surface area contributed by atoms with E-state index in [1.807, 2.05) is 13.8 Å². The molecule has 3 N–H and O–H groups in total. The van der Waals surface area contributed by atoms with Crippen LogP contribution in [0.2, 0.25) is 0 Å². The van der Waals surface area contributed by atoms with Gasteiger partial charge in [0.05, 0.1) is 16.7 Å². The maximum absolute atomic E-state index is 13.0. The zero-order chi connectivity index (χ0) is 19.4. The zero-order valence-electron chi connectivity index (χ0n) is 13.7. The second-order valence-electron chi connectivity index (χ2n) is 6.11. The van der Waals surface area contributed by atoms with Gasteiger partial charge in [-0.2, -0.15) is 8.42 Å². The first-order valence-corrected chi connectivity index (χ1v) is 9.79. The minimum atomic E-state index is -4.76. The third-order valence-electron chi connectivity index (χ3n) is 3.94. The molecule has 1 aliphatic carbocycles. The Bertz CT molecular complexity index is 1080. The number of carbonyl (C=O) groups excluding carboxylic acids is 2. The quantitative estimate of drug-likeness (QED) is 0.402. The molecule has 2 aromatic rings. The molecule has 10 heteroatoms. The van der Waals surface area contributed by atoms with E-state index in [1.165, 1.54) is 0 Å². The molecule has 0 aliphatic heterocycles. The van der Waals surface area contributed by atoms with Crippen molar-refractivity contribution in [3.63, 3.8) is 0 Å². The molecule has 0 saturated carbocycles. The number of benzene rings is 2. The van der Waals surface area contributed by atoms with Crippen LogP contribution in [-0.2, 0) is 10.1 Å². The first-order chi connectivity index (χ1) is 12.0. The normalized spacial score (nSPS) is 13.1. The second-order valence-corrected chi connectivity index (χ2v) is 8.36. The van der Waals surface area contributed by atoms with Gasteiger partial charge in [0.15, 0.2) is 11.6 Å². The third kappa shape index (κ3) is 3.72. The number of phenols is 1. The fourth-order valence-electron chi connectivity index (χ4n) is 2.93. The van der Waals surface area contributed by atoms with Gasteiger partial charge in [-0.3, -0.25) is 14.1 Å². The van der Waals surface area contributed by atoms with Crippen LogP contribution in [0.4, 0.5) is 5.69 Å². The summed E-state index contributed by atoms with van der Waals surface area (Å²) in [6.07, 6.45) is 0. The molecule has 7 nitrogen and oxygen atoms in total. The van der Waals surface area contributed by atoms with Gasteiger partial charge in [0.1, 0.15) is 10.6 Å². The average molecular weight is 464 g/mol. The first-order valence-electron chi connectivity index (χ1n) is 7.56. The second kappa shape index (κ2) is 7.65. The van der Waals surface area contributed by atoms with Gasteiger partial charge in [0, 0.05) is 21.8 Å². The zero-order valence-corrected chi connectivity index (χ0v) is 16.1. The van der Waals surface area contributed by atoms with Crippen LogP contribution in [0.3, 0.4) is 0 Å². The molecule has 27 heavy (non-hydrogen) atoms. The Morgan fingerprint density at radius 2 is 1.63 bits per heavy atom. The number of halogens is 1. The summed E-state index contributed by atoms with van der Waals surface area (Å²) in [5.41, 5.74) is 0.0541. The Hall–Kier alpha value is -1.23. The van der Waals surface area contributed by atoms with Crippen molar-refractivity contribution in [1.82, 2.24) is 0 Å². The van der Waals surface area contributed by atoms with Crippen LogP contribution in [0.25, 0.3) is 0 Å². The number of carbonyl (C=O) groups is 2. The van der Waals surface area contributed by atoms with E-state index in [4.69, 9.17) is 0 Å². The van der Waals surface area contributed by atoms with E-state index in [0.29, 0.717) is 10.2 Å². The molecular weight excluding hydrogens is 449 g/mol. The molecule has 0 unspecified atom stereocenters. The van der Waals surface area contributed by atoms with E-state index in [-0.39, 0.29) is 52.3 Å². The Balaban J connectivity index is 0.00000261. The standard InChI is InChI=1S/C17H14BrNO6S.Na.H/c1-7(2)19-10-5-4-9(18)13-14(10)15(20)8-3-6-11(26(23,24)25)16(21)12(8)17(13)22;;/h3-7,19,21H,1-2H3,(H,23,24,25);;. The fourth-order valence-corrected chi connectivity index (χ4v) is 4.02. The summed E-state index contributed by atoms with van der Waals surface area (Å²) >= 11 is 3.23. The van der Waals surface area contributed by atoms with E-state index in [1.54, 1.807) is 12.1 Å². The number of aromatic hydroxyl groups is 1. The van der Waals surface area contributed by atoms with Crippen molar-refractivity contribution in [2.75, 3.05) is 5.32 Å². The molecule has 0 bridgehead atoms. The van der Waals surface area contributed by atoms with Crippen molar-refractivity contribution in [1.29, 1.82) is 0 Å². The predicted molar refractivity (Wildman–Crippen MR) is 105 cm³/mol. The summed E-state index contributed by atoms with van der Waals surface area (Å²) in [5, 5.41) is 13.3. The van der Waals surface area contributed by atoms with Gasteiger partial charge in [-0.1, -0.05) is 15.9 Å². The molecule has 0 atom stereocenters. The van der Waals surface area contributed by atoms with Crippen molar-refractivity contribution < 1.29 is 27.7 Å². The van der Waals surface area contributed by atoms with Crippen molar-refractivity contribution >= 4 is 72.9 Å². The Morgan fingerprint density at radius 3 is 2.19 bits per heavy atom. The molecule has 0 aromatic heterocycles. The molecule has 0 spiro atoms. The third-order valence-corrected chi connectivity index (χ3v) is 5.49. The van der Waals surface area contributed by atoms with Gasteiger partial charge in [0.25, 0.3) is 10.1 Å². The van der Waals surface area contributed by atoms with Crippen LogP contribution in [-0.4, -0.2) is 65.2 Å². The SMILES string of the molecule is CC(C)Nc1ccc(Br)c2c1C(=O)c1ccc(S(=O)(=O)O)c(O)c1C2=O.[NaH]. The van der Waals surface area contributed by atoms with Crippen LogP contribution in [0.5, 0.6) is 5.75 Å². The molecular formula is C17H15BrNNaO6S. The van der Waals surface area contributed by atoms with Gasteiger partial charge >= 0.3 is 29.6 Å². The molecule has 0 radical (unpaired) electrons. The number of hydrogen-bond acceptors (Lipinski definition) is 6. The number of phenolic OH excluding ortho intramolecular Hbond substituents is 1. The maximum atomic E-state index is 13.0. The Morgan fingerprint density at radius 1 is 1.00 bits per heavy atom. The predicted octanol–water partition coefficient (Wildman–Crippen LogP) is 2.35. The van der Waals surface area contributed by atoms with Crippen molar-refractivity contribution in [3.05, 3.63) is 51.0 Å². The summed E-state index contributed by atoms with van der Waals surface area (Å²) in [6, 6.07) is 5.25. The van der Waals surface area contributed by atoms with Gasteiger partial charge in [0.2, 0.25) is 0 Å². The minimum absolute atomic E-state index is 0. The summed E-state index contributed by atoms with van der Waals surface area (Å²) in [5.74, 6) is -2.18. The molecule has 0 saturated heterocycles. The number of fused-ring (bicyclic) bond motifs is 2. The van der Waals surface area contributed by atoms with Crippen LogP contribution in [0.15, 0.2) is 33.6 Å². The van der Waals surface area contributed by atoms with E-state index >= 15 is 0 Å². The first kappa shape index (κ1) is 22.1. The van der Waals surface area contributed by atoms with Crippen LogP contribution in [0, 0.1) is 0 Å². The summed E-state index contributed by atoms with van der Waals surface area (Å²) < 4.78 is 32.3.